The van der Waals surface area contributed by atoms with Gasteiger partial charge < -0.3 is 4.90 Å². The molecule has 5 nitrogen and oxygen atoms in total. The Balaban J connectivity index is 2.28. The highest BCUT2D eigenvalue weighted by Crippen LogP contribution is 2.32. The number of hydrogen-bond acceptors (Lipinski definition) is 3. The average Bonchev–Trinajstić information content (AvgIpc) is 2.52. The third kappa shape index (κ3) is 4.99. The highest BCUT2D eigenvalue weighted by atomic mass is 35.5. The molecule has 140 valence electrons. The average molecular weight is 395 g/mol. The van der Waals surface area contributed by atoms with Crippen LogP contribution in [-0.2, 0) is 21.4 Å². The van der Waals surface area contributed by atoms with Crippen LogP contribution >= 0.6 is 11.6 Å². The van der Waals surface area contributed by atoms with Gasteiger partial charge in [0.25, 0.3) is 0 Å². The topological polar surface area (TPSA) is 57.7 Å². The minimum Gasteiger partial charge on any atom is -0.340 e. The zero-order valence-electron chi connectivity index (χ0n) is 15.4. The van der Waals surface area contributed by atoms with Gasteiger partial charge >= 0.3 is 0 Å². The molecule has 0 N–H and O–H groups in total. The number of halogens is 1. The summed E-state index contributed by atoms with van der Waals surface area (Å²) in [6, 6.07) is 13.1. The molecule has 0 unspecified atom stereocenters. The minimum absolute atomic E-state index is 0.300. The molecule has 1 amide bonds. The molecular formula is C19H23ClN2O3S. The van der Waals surface area contributed by atoms with Crippen molar-refractivity contribution in [1.29, 1.82) is 0 Å². The molecular weight excluding hydrogens is 372 g/mol. The van der Waals surface area contributed by atoms with E-state index in [-0.39, 0.29) is 12.5 Å². The van der Waals surface area contributed by atoms with Crippen molar-refractivity contribution in [3.05, 3.63) is 64.2 Å². The van der Waals surface area contributed by atoms with Crippen LogP contribution in [0, 0.1) is 13.8 Å². The third-order valence-corrected chi connectivity index (χ3v) is 5.42. The quantitative estimate of drug-likeness (QED) is 0.754. The van der Waals surface area contributed by atoms with E-state index in [9.17, 15) is 13.2 Å². The van der Waals surface area contributed by atoms with Gasteiger partial charge in [-0.05, 0) is 36.6 Å². The molecule has 0 heterocycles. The lowest BCUT2D eigenvalue weighted by atomic mass is 10.1. The molecule has 0 atom stereocenters. The molecule has 7 heteroatoms. The zero-order chi connectivity index (χ0) is 19.5. The molecule has 0 saturated carbocycles. The molecule has 2 rings (SSSR count). The number of anilines is 1. The van der Waals surface area contributed by atoms with Gasteiger partial charge in [0.15, 0.2) is 0 Å². The Bertz CT molecular complexity index is 875. The van der Waals surface area contributed by atoms with Crippen molar-refractivity contribution < 1.29 is 13.2 Å². The molecule has 26 heavy (non-hydrogen) atoms. The monoisotopic (exact) mass is 394 g/mol. The molecule has 2 aromatic carbocycles. The fraction of sp³-hybridized carbons (Fsp3) is 0.316. The summed E-state index contributed by atoms with van der Waals surface area (Å²) in [7, 11) is -2.02. The van der Waals surface area contributed by atoms with E-state index in [4.69, 9.17) is 11.6 Å². The first-order valence-electron chi connectivity index (χ1n) is 8.12. The van der Waals surface area contributed by atoms with Crippen molar-refractivity contribution >= 4 is 33.2 Å². The van der Waals surface area contributed by atoms with Crippen LogP contribution in [0.5, 0.6) is 0 Å². The van der Waals surface area contributed by atoms with E-state index in [0.717, 1.165) is 21.7 Å². The molecule has 0 aromatic heterocycles. The summed E-state index contributed by atoms with van der Waals surface area (Å²) < 4.78 is 25.7. The van der Waals surface area contributed by atoms with Crippen LogP contribution in [-0.4, -0.2) is 39.1 Å². The number of carbonyl (C=O) groups is 1. The van der Waals surface area contributed by atoms with Gasteiger partial charge in [-0.1, -0.05) is 48.0 Å². The van der Waals surface area contributed by atoms with E-state index in [0.29, 0.717) is 22.8 Å². The number of hydrogen-bond donors (Lipinski definition) is 0. The van der Waals surface area contributed by atoms with Crippen molar-refractivity contribution in [2.45, 2.75) is 20.4 Å². The predicted octanol–water partition coefficient (Wildman–Crippen LogP) is 3.38. The van der Waals surface area contributed by atoms with Crippen LogP contribution < -0.4 is 4.31 Å². The standard InChI is InChI=1S/C19H23ClN2O3S/c1-14-10-15(2)19(17(20)11-14)22(26(4,24)25)13-18(23)21(3)12-16-8-6-5-7-9-16/h5-11H,12-13H2,1-4H3. The third-order valence-electron chi connectivity index (χ3n) is 4.02. The molecule has 0 aliphatic heterocycles. The Morgan fingerprint density at radius 2 is 1.73 bits per heavy atom. The number of benzene rings is 2. The van der Waals surface area contributed by atoms with E-state index >= 15 is 0 Å². The number of rotatable bonds is 6. The second-order valence-electron chi connectivity index (χ2n) is 6.42. The van der Waals surface area contributed by atoms with Gasteiger partial charge in [-0.25, -0.2) is 8.42 Å². The van der Waals surface area contributed by atoms with Gasteiger partial charge in [0.2, 0.25) is 15.9 Å². The Morgan fingerprint density at radius 3 is 2.27 bits per heavy atom. The Labute approximate surface area is 160 Å². The van der Waals surface area contributed by atoms with E-state index in [1.54, 1.807) is 20.0 Å². The molecule has 0 spiro atoms. The Kier molecular flexibility index (Phi) is 6.31. The zero-order valence-corrected chi connectivity index (χ0v) is 16.9. The summed E-state index contributed by atoms with van der Waals surface area (Å²) in [5.74, 6) is -0.310. The van der Waals surface area contributed by atoms with Crippen molar-refractivity contribution in [2.24, 2.45) is 0 Å². The lowest BCUT2D eigenvalue weighted by molar-refractivity contribution is -0.128. The summed E-state index contributed by atoms with van der Waals surface area (Å²) in [6.45, 7) is 3.76. The summed E-state index contributed by atoms with van der Waals surface area (Å²) in [5.41, 5.74) is 2.95. The highest BCUT2D eigenvalue weighted by molar-refractivity contribution is 7.92. The van der Waals surface area contributed by atoms with Crippen LogP contribution in [0.1, 0.15) is 16.7 Å². The van der Waals surface area contributed by atoms with E-state index < -0.39 is 10.0 Å². The first-order chi connectivity index (χ1) is 12.1. The summed E-state index contributed by atoms with van der Waals surface area (Å²) in [4.78, 5) is 14.1. The minimum atomic E-state index is -3.68. The number of likely N-dealkylation sites (N-methyl/N-ethyl adjacent to an activating group) is 1. The summed E-state index contributed by atoms with van der Waals surface area (Å²) in [6.07, 6.45) is 1.08. The predicted molar refractivity (Wildman–Crippen MR) is 106 cm³/mol. The van der Waals surface area contributed by atoms with Crippen LogP contribution in [0.15, 0.2) is 42.5 Å². The highest BCUT2D eigenvalue weighted by Gasteiger charge is 2.26. The van der Waals surface area contributed by atoms with Crippen LogP contribution in [0.4, 0.5) is 5.69 Å². The van der Waals surface area contributed by atoms with E-state index in [1.807, 2.05) is 43.3 Å². The fourth-order valence-corrected chi connectivity index (χ4v) is 4.17. The van der Waals surface area contributed by atoms with Crippen LogP contribution in [0.2, 0.25) is 5.02 Å². The van der Waals surface area contributed by atoms with E-state index in [1.165, 1.54) is 4.90 Å². The van der Waals surface area contributed by atoms with Crippen molar-refractivity contribution in [3.63, 3.8) is 0 Å². The SMILES string of the molecule is Cc1cc(C)c(N(CC(=O)N(C)Cc2ccccc2)S(C)(=O)=O)c(Cl)c1. The largest absolute Gasteiger partial charge is 0.340 e. The van der Waals surface area contributed by atoms with Gasteiger partial charge in [0.1, 0.15) is 6.54 Å². The summed E-state index contributed by atoms with van der Waals surface area (Å²) >= 11 is 6.30. The van der Waals surface area contributed by atoms with Crippen molar-refractivity contribution in [3.8, 4) is 0 Å². The molecule has 0 aliphatic carbocycles. The first-order valence-corrected chi connectivity index (χ1v) is 10.3. The molecule has 0 aliphatic rings. The fourth-order valence-electron chi connectivity index (χ4n) is 2.78. The van der Waals surface area contributed by atoms with Crippen molar-refractivity contribution in [1.82, 2.24) is 4.90 Å². The maximum absolute atomic E-state index is 12.6. The lowest BCUT2D eigenvalue weighted by Gasteiger charge is -2.27. The normalized spacial score (nSPS) is 11.3. The van der Waals surface area contributed by atoms with Gasteiger partial charge in [0.05, 0.1) is 17.0 Å². The van der Waals surface area contributed by atoms with Crippen LogP contribution in [0.25, 0.3) is 0 Å². The molecule has 0 radical (unpaired) electrons. The maximum Gasteiger partial charge on any atom is 0.243 e. The Hall–Kier alpha value is -2.05. The number of aryl methyl sites for hydroxylation is 2. The summed E-state index contributed by atoms with van der Waals surface area (Å²) in [5, 5.41) is 0.312. The second-order valence-corrected chi connectivity index (χ2v) is 8.73. The molecule has 0 saturated heterocycles. The van der Waals surface area contributed by atoms with Gasteiger partial charge in [-0.2, -0.15) is 0 Å². The number of nitrogens with zero attached hydrogens (tertiary/aromatic N) is 2. The van der Waals surface area contributed by atoms with Gasteiger partial charge in [-0.3, -0.25) is 9.10 Å². The number of amides is 1. The Morgan fingerprint density at radius 1 is 1.12 bits per heavy atom. The smallest absolute Gasteiger partial charge is 0.243 e. The maximum atomic E-state index is 12.6. The lowest BCUT2D eigenvalue weighted by Crippen LogP contribution is -2.41. The second kappa shape index (κ2) is 8.10. The molecule has 0 bridgehead atoms. The first kappa shape index (κ1) is 20.3. The van der Waals surface area contributed by atoms with Gasteiger partial charge in [0, 0.05) is 13.6 Å². The number of sulfonamides is 1. The van der Waals surface area contributed by atoms with Crippen molar-refractivity contribution in [2.75, 3.05) is 24.2 Å². The molecule has 0 fully saturated rings. The van der Waals surface area contributed by atoms with Crippen LogP contribution in [0.3, 0.4) is 0 Å². The van der Waals surface area contributed by atoms with E-state index in [2.05, 4.69) is 0 Å². The molecule has 2 aromatic rings. The number of carbonyl (C=O) groups excluding carboxylic acids is 1. The van der Waals surface area contributed by atoms with Gasteiger partial charge in [-0.15, -0.1) is 0 Å².